The number of ether oxygens (including phenoxy) is 1. The third-order valence-corrected chi connectivity index (χ3v) is 3.64. The molecule has 0 N–H and O–H groups in total. The van der Waals surface area contributed by atoms with Gasteiger partial charge in [-0.15, -0.1) is 5.10 Å². The van der Waals surface area contributed by atoms with Crippen molar-refractivity contribution in [2.24, 2.45) is 7.05 Å². The van der Waals surface area contributed by atoms with Crippen LogP contribution in [0.2, 0.25) is 0 Å². The summed E-state index contributed by atoms with van der Waals surface area (Å²) in [7, 11) is 2.83. The summed E-state index contributed by atoms with van der Waals surface area (Å²) in [6.07, 6.45) is 0. The Bertz CT molecular complexity index is 694. The van der Waals surface area contributed by atoms with Crippen LogP contribution in [0.3, 0.4) is 0 Å². The molecule has 0 aliphatic heterocycles. The molecule has 11 nitrogen and oxygen atoms in total. The molecular weight excluding hydrogens is 302 g/mol. The van der Waals surface area contributed by atoms with Crippen molar-refractivity contribution in [1.29, 1.82) is 0 Å². The third kappa shape index (κ3) is 2.99. The number of aromatic nitrogens is 6. The van der Waals surface area contributed by atoms with E-state index in [0.717, 1.165) is 11.8 Å². The zero-order chi connectivity index (χ0) is 15.6. The largest absolute Gasteiger partial charge is 0.468 e. The van der Waals surface area contributed by atoms with Crippen LogP contribution >= 0.6 is 11.8 Å². The van der Waals surface area contributed by atoms with Crippen LogP contribution in [0.4, 0.5) is 5.69 Å². The van der Waals surface area contributed by atoms with Gasteiger partial charge in [0.2, 0.25) is 5.16 Å². The lowest BCUT2D eigenvalue weighted by molar-refractivity contribution is -0.388. The number of carbonyl (C=O) groups is 1. The molecule has 0 saturated carbocycles. The van der Waals surface area contributed by atoms with E-state index in [1.54, 1.807) is 14.0 Å². The Morgan fingerprint density at radius 3 is 2.86 bits per heavy atom. The normalized spacial score (nSPS) is 10.6. The van der Waals surface area contributed by atoms with Gasteiger partial charge in [-0.25, -0.2) is 4.68 Å². The molecule has 2 heterocycles. The topological polar surface area (TPSA) is 131 Å². The molecule has 0 aliphatic rings. The first-order valence-corrected chi connectivity index (χ1v) is 6.44. The van der Waals surface area contributed by atoms with E-state index in [9.17, 15) is 14.9 Å². The molecule has 12 heteroatoms. The molecule has 0 aromatic carbocycles. The molecule has 0 amide bonds. The van der Waals surface area contributed by atoms with Gasteiger partial charge in [-0.05, 0) is 29.1 Å². The standard InChI is InChI=1S/C9H11N7O4S/c1-5-7(16(18)19)8(14(2)11-5)21-9-10-12-13-15(9)4-6(17)20-3/h4H2,1-3H3. The lowest BCUT2D eigenvalue weighted by Gasteiger charge is -2.03. The maximum atomic E-state index is 11.3. The summed E-state index contributed by atoms with van der Waals surface area (Å²) >= 11 is 0.954. The maximum absolute atomic E-state index is 11.3. The summed E-state index contributed by atoms with van der Waals surface area (Å²) in [4.78, 5) is 21.8. The van der Waals surface area contributed by atoms with E-state index in [2.05, 4.69) is 25.4 Å². The van der Waals surface area contributed by atoms with Gasteiger partial charge < -0.3 is 4.74 Å². The van der Waals surface area contributed by atoms with Crippen LogP contribution in [-0.4, -0.2) is 48.0 Å². The maximum Gasteiger partial charge on any atom is 0.327 e. The van der Waals surface area contributed by atoms with Gasteiger partial charge in [0.1, 0.15) is 12.2 Å². The van der Waals surface area contributed by atoms with Crippen LogP contribution < -0.4 is 0 Å². The van der Waals surface area contributed by atoms with Crippen molar-refractivity contribution >= 4 is 23.4 Å². The van der Waals surface area contributed by atoms with Crippen LogP contribution in [0.25, 0.3) is 0 Å². The molecule has 0 fully saturated rings. The second-order valence-electron chi connectivity index (χ2n) is 3.92. The Morgan fingerprint density at radius 1 is 1.52 bits per heavy atom. The monoisotopic (exact) mass is 313 g/mol. The highest BCUT2D eigenvalue weighted by atomic mass is 32.2. The zero-order valence-corrected chi connectivity index (χ0v) is 12.2. The van der Waals surface area contributed by atoms with E-state index < -0.39 is 10.9 Å². The van der Waals surface area contributed by atoms with E-state index in [4.69, 9.17) is 0 Å². The highest BCUT2D eigenvalue weighted by Gasteiger charge is 2.26. The van der Waals surface area contributed by atoms with Crippen molar-refractivity contribution in [1.82, 2.24) is 30.0 Å². The Kier molecular flexibility index (Phi) is 4.16. The van der Waals surface area contributed by atoms with Crippen LogP contribution in [0.15, 0.2) is 10.2 Å². The Morgan fingerprint density at radius 2 is 2.24 bits per heavy atom. The van der Waals surface area contributed by atoms with Crippen molar-refractivity contribution in [2.45, 2.75) is 23.7 Å². The van der Waals surface area contributed by atoms with Crippen LogP contribution in [0.5, 0.6) is 0 Å². The van der Waals surface area contributed by atoms with Crippen molar-refractivity contribution in [3.05, 3.63) is 15.8 Å². The van der Waals surface area contributed by atoms with Gasteiger partial charge in [-0.2, -0.15) is 5.10 Å². The third-order valence-electron chi connectivity index (χ3n) is 2.52. The predicted molar refractivity (Wildman–Crippen MR) is 68.6 cm³/mol. The van der Waals surface area contributed by atoms with E-state index in [0.29, 0.717) is 0 Å². The first kappa shape index (κ1) is 14.9. The molecule has 0 spiro atoms. The molecule has 0 aliphatic carbocycles. The van der Waals surface area contributed by atoms with Crippen LogP contribution in [0, 0.1) is 17.0 Å². The number of hydrogen-bond donors (Lipinski definition) is 0. The van der Waals surface area contributed by atoms with Gasteiger partial charge >= 0.3 is 11.7 Å². The lowest BCUT2D eigenvalue weighted by Crippen LogP contribution is -2.14. The van der Waals surface area contributed by atoms with Gasteiger partial charge in [0, 0.05) is 7.05 Å². The Balaban J connectivity index is 2.33. The van der Waals surface area contributed by atoms with Gasteiger partial charge in [0.15, 0.2) is 5.03 Å². The zero-order valence-electron chi connectivity index (χ0n) is 11.4. The van der Waals surface area contributed by atoms with Crippen molar-refractivity contribution in [3.8, 4) is 0 Å². The SMILES string of the molecule is COC(=O)Cn1nnnc1Sc1c([N+](=O)[O-])c(C)nn1C. The second kappa shape index (κ2) is 5.87. The molecular formula is C9H11N7O4S. The number of carbonyl (C=O) groups excluding carboxylic acids is 1. The molecule has 112 valence electrons. The number of esters is 1. The predicted octanol–water partition coefficient (Wildman–Crippen LogP) is -0.0526. The van der Waals surface area contributed by atoms with E-state index in [1.807, 2.05) is 0 Å². The fourth-order valence-corrected chi connectivity index (χ4v) is 2.54. The summed E-state index contributed by atoms with van der Waals surface area (Å²) in [6.45, 7) is 1.36. The fraction of sp³-hybridized carbons (Fsp3) is 0.444. The first-order chi connectivity index (χ1) is 9.93. The molecule has 0 unspecified atom stereocenters. The van der Waals surface area contributed by atoms with Crippen LogP contribution in [-0.2, 0) is 23.1 Å². The van der Waals surface area contributed by atoms with Crippen LogP contribution in [0.1, 0.15) is 5.69 Å². The van der Waals surface area contributed by atoms with Gasteiger partial charge in [0.05, 0.1) is 12.0 Å². The molecule has 2 rings (SSSR count). The highest BCUT2D eigenvalue weighted by Crippen LogP contribution is 2.35. The molecule has 0 saturated heterocycles. The number of nitro groups is 1. The first-order valence-electron chi connectivity index (χ1n) is 5.62. The minimum Gasteiger partial charge on any atom is -0.468 e. The number of methoxy groups -OCH3 is 1. The van der Waals surface area contributed by atoms with Gasteiger partial charge in [-0.3, -0.25) is 19.6 Å². The molecule has 2 aromatic heterocycles. The van der Waals surface area contributed by atoms with E-state index in [1.165, 1.54) is 16.5 Å². The van der Waals surface area contributed by atoms with E-state index in [-0.39, 0.29) is 28.1 Å². The highest BCUT2D eigenvalue weighted by molar-refractivity contribution is 7.99. The summed E-state index contributed by atoms with van der Waals surface area (Å²) in [5, 5.41) is 26.4. The summed E-state index contributed by atoms with van der Waals surface area (Å²) in [5.74, 6) is -0.528. The molecule has 21 heavy (non-hydrogen) atoms. The minimum absolute atomic E-state index is 0.116. The van der Waals surface area contributed by atoms with Crippen molar-refractivity contribution < 1.29 is 14.5 Å². The summed E-state index contributed by atoms with van der Waals surface area (Å²) in [5.41, 5.74) is 0.173. The van der Waals surface area contributed by atoms with Crippen molar-refractivity contribution in [3.63, 3.8) is 0 Å². The summed E-state index contributed by atoms with van der Waals surface area (Å²) < 4.78 is 7.10. The molecule has 0 radical (unpaired) electrons. The number of rotatable bonds is 5. The number of aryl methyl sites for hydroxylation is 2. The fourth-order valence-electron chi connectivity index (χ4n) is 1.59. The smallest absolute Gasteiger partial charge is 0.327 e. The number of nitrogens with zero attached hydrogens (tertiary/aromatic N) is 7. The van der Waals surface area contributed by atoms with E-state index >= 15 is 0 Å². The van der Waals surface area contributed by atoms with Crippen molar-refractivity contribution in [2.75, 3.05) is 7.11 Å². The number of tetrazole rings is 1. The quantitative estimate of drug-likeness (QED) is 0.423. The average Bonchev–Trinajstić information content (AvgIpc) is 2.95. The molecule has 0 bridgehead atoms. The van der Waals surface area contributed by atoms with Gasteiger partial charge in [-0.1, -0.05) is 0 Å². The number of hydrogen-bond acceptors (Lipinski definition) is 9. The average molecular weight is 313 g/mol. The molecule has 0 atom stereocenters. The second-order valence-corrected chi connectivity index (χ2v) is 4.87. The Hall–Kier alpha value is -2.50. The minimum atomic E-state index is -0.528. The van der Waals surface area contributed by atoms with Gasteiger partial charge in [0.25, 0.3) is 0 Å². The Labute approximate surface area is 122 Å². The lowest BCUT2D eigenvalue weighted by atomic mass is 10.4. The summed E-state index contributed by atoms with van der Waals surface area (Å²) in [6, 6.07) is 0. The molecule has 2 aromatic rings.